The van der Waals surface area contributed by atoms with E-state index >= 15 is 0 Å². The van der Waals surface area contributed by atoms with Crippen molar-refractivity contribution in [3.05, 3.63) is 40.2 Å². The minimum absolute atomic E-state index is 0.0687. The molecule has 0 fully saturated rings. The van der Waals surface area contributed by atoms with Crippen LogP contribution in [0, 0.1) is 0 Å². The molecular formula is C23H28F3N3O6. The highest BCUT2D eigenvalue weighted by molar-refractivity contribution is 5.98. The van der Waals surface area contributed by atoms with Gasteiger partial charge in [0.1, 0.15) is 17.2 Å². The van der Waals surface area contributed by atoms with E-state index in [2.05, 4.69) is 16.0 Å². The highest BCUT2D eigenvalue weighted by Crippen LogP contribution is 2.34. The number of carbonyl (C=O) groups excluding carboxylic acids is 3. The lowest BCUT2D eigenvalue weighted by Gasteiger charge is -2.23. The molecule has 9 nitrogen and oxygen atoms in total. The van der Waals surface area contributed by atoms with Crippen molar-refractivity contribution >= 4 is 34.6 Å². The Morgan fingerprint density at radius 2 is 1.77 bits per heavy atom. The SMILES string of the molecule is CC(=O)NCCCC[C@H](NC(=O)OC(C)(C)C)C(=O)Nc1ccc2c(C(F)(F)F)cc(=O)oc2c1. The van der Waals surface area contributed by atoms with Gasteiger partial charge in [0, 0.05) is 36.7 Å². The maximum absolute atomic E-state index is 13.2. The number of ether oxygens (including phenoxy) is 1. The lowest BCUT2D eigenvalue weighted by molar-refractivity contribution is -0.136. The van der Waals surface area contributed by atoms with Crippen LogP contribution >= 0.6 is 0 Å². The predicted octanol–water partition coefficient (Wildman–Crippen LogP) is 3.95. The first-order chi connectivity index (χ1) is 16.2. The first-order valence-electron chi connectivity index (χ1n) is 10.9. The van der Waals surface area contributed by atoms with Crippen molar-refractivity contribution in [2.24, 2.45) is 0 Å². The second kappa shape index (κ2) is 11.2. The second-order valence-electron chi connectivity index (χ2n) is 8.85. The third-order valence-corrected chi connectivity index (χ3v) is 4.62. The molecule has 3 N–H and O–H groups in total. The number of carbonyl (C=O) groups is 3. The molecule has 12 heteroatoms. The molecule has 192 valence electrons. The summed E-state index contributed by atoms with van der Waals surface area (Å²) in [7, 11) is 0. The molecule has 0 aliphatic carbocycles. The molecule has 0 saturated carbocycles. The van der Waals surface area contributed by atoms with Crippen LogP contribution in [-0.4, -0.2) is 36.1 Å². The number of rotatable bonds is 8. The molecule has 2 aromatic rings. The van der Waals surface area contributed by atoms with Gasteiger partial charge in [0.25, 0.3) is 0 Å². The van der Waals surface area contributed by atoms with E-state index in [0.717, 1.165) is 12.1 Å². The van der Waals surface area contributed by atoms with E-state index in [1.54, 1.807) is 20.8 Å². The molecule has 0 aliphatic heterocycles. The van der Waals surface area contributed by atoms with E-state index in [4.69, 9.17) is 9.15 Å². The summed E-state index contributed by atoms with van der Waals surface area (Å²) in [6.07, 6.45) is -4.38. The van der Waals surface area contributed by atoms with Crippen molar-refractivity contribution in [3.63, 3.8) is 0 Å². The van der Waals surface area contributed by atoms with E-state index in [9.17, 15) is 32.3 Å². The second-order valence-corrected chi connectivity index (χ2v) is 8.85. The maximum atomic E-state index is 13.2. The fourth-order valence-corrected chi connectivity index (χ4v) is 3.16. The first-order valence-corrected chi connectivity index (χ1v) is 10.9. The number of alkyl halides is 3. The van der Waals surface area contributed by atoms with Crippen LogP contribution in [0.3, 0.4) is 0 Å². The molecule has 1 heterocycles. The Bertz CT molecular complexity index is 1140. The normalized spacial score (nSPS) is 12.7. The lowest BCUT2D eigenvalue weighted by atomic mass is 10.1. The van der Waals surface area contributed by atoms with Gasteiger partial charge in [-0.05, 0) is 52.2 Å². The van der Waals surface area contributed by atoms with Gasteiger partial charge in [-0.1, -0.05) is 0 Å². The highest BCUT2D eigenvalue weighted by atomic mass is 19.4. The quantitative estimate of drug-likeness (QED) is 0.373. The van der Waals surface area contributed by atoms with Crippen LogP contribution in [0.25, 0.3) is 11.0 Å². The number of nitrogens with one attached hydrogen (secondary N) is 3. The van der Waals surface area contributed by atoms with E-state index < -0.39 is 41.0 Å². The van der Waals surface area contributed by atoms with Gasteiger partial charge in [-0.15, -0.1) is 0 Å². The van der Waals surface area contributed by atoms with Gasteiger partial charge >= 0.3 is 17.9 Å². The lowest BCUT2D eigenvalue weighted by Crippen LogP contribution is -2.45. The number of benzene rings is 1. The molecule has 0 saturated heterocycles. The van der Waals surface area contributed by atoms with Crippen LogP contribution in [0.5, 0.6) is 0 Å². The van der Waals surface area contributed by atoms with Gasteiger partial charge in [-0.3, -0.25) is 9.59 Å². The molecule has 1 aromatic carbocycles. The number of amides is 3. The molecule has 0 bridgehead atoms. The van der Waals surface area contributed by atoms with Crippen LogP contribution in [0.1, 0.15) is 52.5 Å². The van der Waals surface area contributed by atoms with E-state index in [-0.39, 0.29) is 29.0 Å². The van der Waals surface area contributed by atoms with Gasteiger partial charge in [0.2, 0.25) is 11.8 Å². The van der Waals surface area contributed by atoms with Crippen molar-refractivity contribution in [2.45, 2.75) is 64.8 Å². The molecule has 2 rings (SSSR count). The average Bonchev–Trinajstić information content (AvgIpc) is 2.69. The van der Waals surface area contributed by atoms with Crippen LogP contribution in [0.2, 0.25) is 0 Å². The van der Waals surface area contributed by atoms with Crippen LogP contribution in [0.4, 0.5) is 23.7 Å². The minimum atomic E-state index is -4.77. The standard InChI is InChI=1S/C23H28F3N3O6/c1-13(30)27-10-6-5-7-17(29-21(33)35-22(2,3)4)20(32)28-14-8-9-15-16(23(24,25)26)12-19(31)34-18(15)11-14/h8-9,11-12,17H,5-7,10H2,1-4H3,(H,27,30)(H,28,32)(H,29,33)/t17-/m0/s1. The summed E-state index contributed by atoms with van der Waals surface area (Å²) in [6, 6.07) is 2.75. The van der Waals surface area contributed by atoms with E-state index in [1.165, 1.54) is 13.0 Å². The topological polar surface area (TPSA) is 127 Å². The summed E-state index contributed by atoms with van der Waals surface area (Å²) in [6.45, 7) is 6.75. The molecule has 0 aliphatic rings. The predicted molar refractivity (Wildman–Crippen MR) is 122 cm³/mol. The minimum Gasteiger partial charge on any atom is -0.444 e. The van der Waals surface area contributed by atoms with Crippen molar-refractivity contribution in [3.8, 4) is 0 Å². The molecule has 35 heavy (non-hydrogen) atoms. The summed E-state index contributed by atoms with van der Waals surface area (Å²) in [5, 5.41) is 7.30. The fourth-order valence-electron chi connectivity index (χ4n) is 3.16. The fraction of sp³-hybridized carbons (Fsp3) is 0.478. The van der Waals surface area contributed by atoms with Crippen molar-refractivity contribution in [1.82, 2.24) is 10.6 Å². The Hall–Kier alpha value is -3.57. The number of halogens is 3. The number of hydrogen-bond acceptors (Lipinski definition) is 6. The van der Waals surface area contributed by atoms with E-state index in [0.29, 0.717) is 25.5 Å². The van der Waals surface area contributed by atoms with Gasteiger partial charge < -0.3 is 25.1 Å². The Kier molecular flexibility index (Phi) is 8.88. The summed E-state index contributed by atoms with van der Waals surface area (Å²) in [5.74, 6) is -0.841. The van der Waals surface area contributed by atoms with Gasteiger partial charge in [0.05, 0.1) is 5.56 Å². The van der Waals surface area contributed by atoms with Gasteiger partial charge in [-0.2, -0.15) is 13.2 Å². The van der Waals surface area contributed by atoms with Gasteiger partial charge in [-0.25, -0.2) is 9.59 Å². The monoisotopic (exact) mass is 499 g/mol. The maximum Gasteiger partial charge on any atom is 0.417 e. The Balaban J connectivity index is 2.20. The molecule has 1 atom stereocenters. The van der Waals surface area contributed by atoms with Crippen LogP contribution < -0.4 is 21.6 Å². The van der Waals surface area contributed by atoms with Crippen molar-refractivity contribution < 1.29 is 36.7 Å². The number of alkyl carbamates (subject to hydrolysis) is 1. The molecule has 1 aromatic heterocycles. The van der Waals surface area contributed by atoms with Crippen molar-refractivity contribution in [1.29, 1.82) is 0 Å². The molecule has 0 unspecified atom stereocenters. The third kappa shape index (κ3) is 8.95. The zero-order valence-corrected chi connectivity index (χ0v) is 19.8. The Morgan fingerprint density at radius 1 is 1.09 bits per heavy atom. The van der Waals surface area contributed by atoms with E-state index in [1.807, 2.05) is 0 Å². The number of unbranched alkanes of at least 4 members (excludes halogenated alkanes) is 1. The molecule has 0 radical (unpaired) electrons. The number of hydrogen-bond donors (Lipinski definition) is 3. The summed E-state index contributed by atoms with van der Waals surface area (Å²) in [5.41, 5.74) is -3.42. The van der Waals surface area contributed by atoms with Crippen molar-refractivity contribution in [2.75, 3.05) is 11.9 Å². The summed E-state index contributed by atoms with van der Waals surface area (Å²) < 4.78 is 49.8. The molecule has 3 amide bonds. The largest absolute Gasteiger partial charge is 0.444 e. The Labute approximate surface area is 199 Å². The first kappa shape index (κ1) is 27.7. The molecule has 0 spiro atoms. The third-order valence-electron chi connectivity index (χ3n) is 4.62. The average molecular weight is 499 g/mol. The summed E-state index contributed by atoms with van der Waals surface area (Å²) in [4.78, 5) is 47.7. The Morgan fingerprint density at radius 3 is 2.37 bits per heavy atom. The summed E-state index contributed by atoms with van der Waals surface area (Å²) >= 11 is 0. The smallest absolute Gasteiger partial charge is 0.417 e. The zero-order valence-electron chi connectivity index (χ0n) is 19.8. The zero-order chi connectivity index (χ0) is 26.4. The number of anilines is 1. The van der Waals surface area contributed by atoms with Crippen LogP contribution in [-0.2, 0) is 20.5 Å². The molecular weight excluding hydrogens is 471 g/mol. The number of fused-ring (bicyclic) bond motifs is 1. The highest BCUT2D eigenvalue weighted by Gasteiger charge is 2.34. The van der Waals surface area contributed by atoms with Gasteiger partial charge in [0.15, 0.2) is 0 Å². The van der Waals surface area contributed by atoms with Crippen LogP contribution in [0.15, 0.2) is 33.5 Å².